The van der Waals surface area contributed by atoms with E-state index in [1.54, 1.807) is 24.5 Å². The average molecular weight is 489 g/mol. The molecule has 0 saturated carbocycles. The monoisotopic (exact) mass is 488 g/mol. The minimum absolute atomic E-state index is 0.0535. The van der Waals surface area contributed by atoms with E-state index in [1.807, 2.05) is 0 Å². The molecular weight excluding hydrogens is 460 g/mol. The highest BCUT2D eigenvalue weighted by atomic mass is 32.1. The third kappa shape index (κ3) is 5.34. The fraction of sp³-hybridized carbons (Fsp3) is 0.500. The van der Waals surface area contributed by atoms with E-state index < -0.39 is 17.9 Å². The second-order valence-corrected chi connectivity index (χ2v) is 9.07. The maximum absolute atomic E-state index is 13.8. The van der Waals surface area contributed by atoms with Crippen LogP contribution in [0.25, 0.3) is 0 Å². The molecule has 2 aliphatic heterocycles. The van der Waals surface area contributed by atoms with Gasteiger partial charge in [0.1, 0.15) is 10.9 Å². The lowest BCUT2D eigenvalue weighted by Crippen LogP contribution is -2.47. The normalized spacial score (nSPS) is 20.7. The van der Waals surface area contributed by atoms with Crippen molar-refractivity contribution < 1.29 is 23.9 Å². The molecule has 0 aliphatic carbocycles. The van der Waals surface area contributed by atoms with Gasteiger partial charge < -0.3 is 31.2 Å². The molecule has 11 nitrogen and oxygen atoms in total. The lowest BCUT2D eigenvalue weighted by Gasteiger charge is -2.33. The van der Waals surface area contributed by atoms with Crippen LogP contribution in [0.5, 0.6) is 0 Å². The highest BCUT2D eigenvalue weighted by molar-refractivity contribution is 7.09. The van der Waals surface area contributed by atoms with Gasteiger partial charge in [-0.15, -0.1) is 0 Å². The molecule has 2 aromatic heterocycles. The van der Waals surface area contributed by atoms with Crippen LogP contribution in [0.1, 0.15) is 57.4 Å². The van der Waals surface area contributed by atoms with Crippen LogP contribution < -0.4 is 16.8 Å². The van der Waals surface area contributed by atoms with Gasteiger partial charge in [0.2, 0.25) is 5.91 Å². The Balaban J connectivity index is 1.67. The molecule has 4 rings (SSSR count). The van der Waals surface area contributed by atoms with E-state index in [-0.39, 0.29) is 40.9 Å². The Morgan fingerprint density at radius 2 is 1.82 bits per heavy atom. The highest BCUT2D eigenvalue weighted by Crippen LogP contribution is 2.30. The zero-order valence-electron chi connectivity index (χ0n) is 18.6. The third-order valence-electron chi connectivity index (χ3n) is 5.95. The molecule has 2 saturated heterocycles. The highest BCUT2D eigenvalue weighted by Gasteiger charge is 2.37. The number of nitrogens with one attached hydrogen (secondary N) is 1. The number of nitrogen functional groups attached to an aromatic ring is 1. The number of hydrogen-bond donors (Lipinski definition) is 3. The molecule has 3 amide bonds. The molecule has 34 heavy (non-hydrogen) atoms. The van der Waals surface area contributed by atoms with Crippen molar-refractivity contribution in [2.75, 3.05) is 32.0 Å². The topological polar surface area (TPSA) is 163 Å². The predicted molar refractivity (Wildman–Crippen MR) is 124 cm³/mol. The van der Waals surface area contributed by atoms with Gasteiger partial charge >= 0.3 is 0 Å². The number of aromatic nitrogens is 2. The fourth-order valence-electron chi connectivity index (χ4n) is 4.21. The van der Waals surface area contributed by atoms with Crippen LogP contribution in [0.3, 0.4) is 0 Å². The second-order valence-electron chi connectivity index (χ2n) is 8.29. The first-order valence-corrected chi connectivity index (χ1v) is 12.0. The van der Waals surface area contributed by atoms with Crippen molar-refractivity contribution in [2.45, 2.75) is 43.9 Å². The number of carbonyl (C=O) groups is 3. The van der Waals surface area contributed by atoms with Gasteiger partial charge in [0, 0.05) is 38.7 Å². The second kappa shape index (κ2) is 10.9. The Morgan fingerprint density at radius 1 is 1.15 bits per heavy atom. The van der Waals surface area contributed by atoms with Crippen LogP contribution in [0, 0.1) is 0 Å². The summed E-state index contributed by atoms with van der Waals surface area (Å²) in [5.41, 5.74) is 11.7. The Kier molecular flexibility index (Phi) is 7.70. The zero-order valence-corrected chi connectivity index (χ0v) is 19.5. The smallest absolute Gasteiger partial charge is 0.270 e. The number of amides is 3. The van der Waals surface area contributed by atoms with Crippen molar-refractivity contribution in [1.29, 1.82) is 0 Å². The molecule has 5 N–H and O–H groups in total. The number of ether oxygens (including phenoxy) is 2. The number of nitrogens with two attached hydrogens (primary N) is 2. The molecular formula is C22H28N6O5S. The van der Waals surface area contributed by atoms with Crippen LogP contribution in [-0.4, -0.2) is 70.5 Å². The van der Waals surface area contributed by atoms with Crippen LogP contribution in [-0.2, 0) is 14.3 Å². The molecule has 0 radical (unpaired) electrons. The van der Waals surface area contributed by atoms with Gasteiger partial charge in [-0.3, -0.25) is 19.4 Å². The van der Waals surface area contributed by atoms with Gasteiger partial charge in [0.05, 0.1) is 17.9 Å². The zero-order chi connectivity index (χ0) is 24.1. The minimum atomic E-state index is -0.973. The number of hydrogen-bond acceptors (Lipinski definition) is 9. The minimum Gasteiger partial charge on any atom is -0.395 e. The van der Waals surface area contributed by atoms with Crippen LogP contribution in [0.15, 0.2) is 24.5 Å². The molecule has 3 unspecified atom stereocenters. The predicted octanol–water partition coefficient (Wildman–Crippen LogP) is 0.877. The van der Waals surface area contributed by atoms with Crippen LogP contribution in [0.2, 0.25) is 0 Å². The Hall–Kier alpha value is -3.09. The average Bonchev–Trinajstić information content (AvgIpc) is 3.60. The SMILES string of the molecule is NC(=O)c1nsc(C(=O)N(CC2CCCO2)C(C(=O)NCC2CCCO2)c2ccncc2)c1N. The molecule has 0 spiro atoms. The molecule has 4 heterocycles. The maximum atomic E-state index is 13.8. The quantitative estimate of drug-likeness (QED) is 0.468. The number of rotatable bonds is 9. The van der Waals surface area contributed by atoms with E-state index >= 15 is 0 Å². The summed E-state index contributed by atoms with van der Waals surface area (Å²) >= 11 is 0.785. The van der Waals surface area contributed by atoms with Crippen molar-refractivity contribution in [3.8, 4) is 0 Å². The van der Waals surface area contributed by atoms with Gasteiger partial charge in [-0.05, 0) is 54.9 Å². The van der Waals surface area contributed by atoms with Gasteiger partial charge in [-0.1, -0.05) is 0 Å². The lowest BCUT2D eigenvalue weighted by atomic mass is 10.0. The largest absolute Gasteiger partial charge is 0.395 e. The van der Waals surface area contributed by atoms with Crippen molar-refractivity contribution >= 4 is 34.9 Å². The first-order chi connectivity index (χ1) is 16.5. The summed E-state index contributed by atoms with van der Waals surface area (Å²) in [5.74, 6) is -1.70. The molecule has 2 aliphatic rings. The standard InChI is InChI=1S/C22H28N6O5S/c23-16-17(20(24)29)27-34-19(16)22(31)28(12-15-4-2-10-33-15)18(13-5-7-25-8-6-13)21(30)26-11-14-3-1-9-32-14/h5-8,14-15,18H,1-4,9-12,23H2,(H2,24,29)(H,26,30). The fourth-order valence-corrected chi connectivity index (χ4v) is 4.97. The first-order valence-electron chi connectivity index (χ1n) is 11.2. The number of carbonyl (C=O) groups excluding carboxylic acids is 3. The number of primary amides is 1. The molecule has 182 valence electrons. The first kappa shape index (κ1) is 24.0. The number of anilines is 1. The molecule has 3 atom stereocenters. The number of pyridine rings is 1. The van der Waals surface area contributed by atoms with Crippen LogP contribution in [0.4, 0.5) is 5.69 Å². The van der Waals surface area contributed by atoms with E-state index in [2.05, 4.69) is 14.7 Å². The van der Waals surface area contributed by atoms with Gasteiger partial charge in [0.25, 0.3) is 11.8 Å². The Labute approximate surface area is 201 Å². The summed E-state index contributed by atoms with van der Waals surface area (Å²) in [6.45, 7) is 1.77. The number of nitrogens with zero attached hydrogens (tertiary/aromatic N) is 3. The molecule has 2 fully saturated rings. The van der Waals surface area contributed by atoms with Crippen LogP contribution >= 0.6 is 11.5 Å². The Bertz CT molecular complexity index is 1020. The van der Waals surface area contributed by atoms with Gasteiger partial charge in [0.15, 0.2) is 5.69 Å². The summed E-state index contributed by atoms with van der Waals surface area (Å²) in [7, 11) is 0. The summed E-state index contributed by atoms with van der Waals surface area (Å²) < 4.78 is 15.3. The van der Waals surface area contributed by atoms with Crippen molar-refractivity contribution in [1.82, 2.24) is 19.6 Å². The molecule has 0 bridgehead atoms. The molecule has 0 aromatic carbocycles. The molecule has 2 aromatic rings. The van der Waals surface area contributed by atoms with Crippen molar-refractivity contribution in [2.24, 2.45) is 5.73 Å². The van der Waals surface area contributed by atoms with E-state index in [4.69, 9.17) is 20.9 Å². The van der Waals surface area contributed by atoms with Gasteiger partial charge in [-0.25, -0.2) is 0 Å². The summed E-state index contributed by atoms with van der Waals surface area (Å²) in [6.07, 6.45) is 6.29. The maximum Gasteiger partial charge on any atom is 0.270 e. The summed E-state index contributed by atoms with van der Waals surface area (Å²) in [6, 6.07) is 2.41. The lowest BCUT2D eigenvalue weighted by molar-refractivity contribution is -0.126. The third-order valence-corrected chi connectivity index (χ3v) is 6.80. The van der Waals surface area contributed by atoms with E-state index in [9.17, 15) is 14.4 Å². The van der Waals surface area contributed by atoms with E-state index in [0.717, 1.165) is 37.2 Å². The van der Waals surface area contributed by atoms with E-state index in [1.165, 1.54) is 4.90 Å². The van der Waals surface area contributed by atoms with Crippen molar-refractivity contribution in [3.05, 3.63) is 40.7 Å². The van der Waals surface area contributed by atoms with Gasteiger partial charge in [-0.2, -0.15) is 4.37 Å². The molecule has 12 heteroatoms. The summed E-state index contributed by atoms with van der Waals surface area (Å²) in [4.78, 5) is 44.4. The van der Waals surface area contributed by atoms with E-state index in [0.29, 0.717) is 25.3 Å². The Morgan fingerprint density at radius 3 is 2.41 bits per heavy atom. The van der Waals surface area contributed by atoms with Crippen molar-refractivity contribution in [3.63, 3.8) is 0 Å². The summed E-state index contributed by atoms with van der Waals surface area (Å²) in [5, 5.41) is 2.94.